The summed E-state index contributed by atoms with van der Waals surface area (Å²) in [5.74, 6) is 2.13. The van der Waals surface area contributed by atoms with Gasteiger partial charge in [0.2, 0.25) is 17.7 Å². The van der Waals surface area contributed by atoms with Gasteiger partial charge < -0.3 is 18.8 Å². The molecule has 3 saturated heterocycles. The minimum atomic E-state index is 0.115. The van der Waals surface area contributed by atoms with E-state index in [1.807, 2.05) is 11.8 Å². The molecule has 1 aromatic heterocycles. The predicted molar refractivity (Wildman–Crippen MR) is 84.4 cm³/mol. The maximum Gasteiger partial charge on any atom is 0.225 e. The number of fused-ring (bicyclic) bond motifs is 1. The molecule has 0 unspecified atom stereocenters. The van der Waals surface area contributed by atoms with E-state index in [0.717, 1.165) is 45.4 Å². The van der Waals surface area contributed by atoms with Crippen LogP contribution in [0.1, 0.15) is 43.4 Å². The van der Waals surface area contributed by atoms with Gasteiger partial charge in [0.1, 0.15) is 0 Å². The third-order valence-electron chi connectivity index (χ3n) is 5.61. The largest absolute Gasteiger partial charge is 0.425 e. The Morgan fingerprint density at radius 1 is 1.12 bits per heavy atom. The standard InChI is InChI=1S/C17H25N3O4/c1-11-18-19-16(24-11)13-5-9-23-15-2-6-20(10-14(13)15)17(21)12-3-7-22-8-4-12/h12-15H,2-10H2,1H3/t13-,14-,15-/m1/s1. The van der Waals surface area contributed by atoms with Gasteiger partial charge in [0.25, 0.3) is 0 Å². The van der Waals surface area contributed by atoms with Crippen molar-refractivity contribution in [1.29, 1.82) is 0 Å². The molecule has 0 aromatic carbocycles. The van der Waals surface area contributed by atoms with Crippen molar-refractivity contribution in [2.24, 2.45) is 11.8 Å². The maximum absolute atomic E-state index is 12.9. The zero-order chi connectivity index (χ0) is 16.5. The van der Waals surface area contributed by atoms with E-state index in [0.29, 0.717) is 25.0 Å². The lowest BCUT2D eigenvalue weighted by molar-refractivity contribution is -0.147. The van der Waals surface area contributed by atoms with E-state index in [2.05, 4.69) is 10.2 Å². The Bertz CT molecular complexity index is 584. The first-order chi connectivity index (χ1) is 11.7. The molecule has 3 aliphatic heterocycles. The minimum Gasteiger partial charge on any atom is -0.425 e. The Morgan fingerprint density at radius 3 is 2.71 bits per heavy atom. The summed E-state index contributed by atoms with van der Waals surface area (Å²) in [6.45, 7) is 5.45. The molecule has 3 aliphatic rings. The lowest BCUT2D eigenvalue weighted by Crippen LogP contribution is -2.52. The molecule has 0 spiro atoms. The zero-order valence-electron chi connectivity index (χ0n) is 14.1. The number of amides is 1. The van der Waals surface area contributed by atoms with Gasteiger partial charge in [-0.3, -0.25) is 4.79 Å². The number of hydrogen-bond acceptors (Lipinski definition) is 6. The van der Waals surface area contributed by atoms with Gasteiger partial charge in [-0.2, -0.15) is 0 Å². The molecule has 0 aliphatic carbocycles. The van der Waals surface area contributed by atoms with Crippen molar-refractivity contribution in [1.82, 2.24) is 15.1 Å². The van der Waals surface area contributed by atoms with Crippen molar-refractivity contribution >= 4 is 5.91 Å². The number of nitrogens with zero attached hydrogens (tertiary/aromatic N) is 3. The van der Waals surface area contributed by atoms with E-state index in [4.69, 9.17) is 13.9 Å². The van der Waals surface area contributed by atoms with Crippen LogP contribution >= 0.6 is 0 Å². The number of carbonyl (C=O) groups excluding carboxylic acids is 1. The summed E-state index contributed by atoms with van der Waals surface area (Å²) in [4.78, 5) is 14.9. The molecule has 24 heavy (non-hydrogen) atoms. The number of aryl methyl sites for hydroxylation is 1. The molecule has 7 nitrogen and oxygen atoms in total. The Labute approximate surface area is 141 Å². The third kappa shape index (κ3) is 3.07. The van der Waals surface area contributed by atoms with Gasteiger partial charge in [-0.25, -0.2) is 0 Å². The molecule has 0 saturated carbocycles. The van der Waals surface area contributed by atoms with Gasteiger partial charge in [-0.05, 0) is 25.7 Å². The van der Waals surface area contributed by atoms with Crippen LogP contribution < -0.4 is 0 Å². The van der Waals surface area contributed by atoms with Crippen LogP contribution in [0.15, 0.2) is 4.42 Å². The highest BCUT2D eigenvalue weighted by Gasteiger charge is 2.43. The molecule has 3 fully saturated rings. The van der Waals surface area contributed by atoms with E-state index in [9.17, 15) is 4.79 Å². The van der Waals surface area contributed by atoms with Crippen molar-refractivity contribution in [3.63, 3.8) is 0 Å². The first-order valence-electron chi connectivity index (χ1n) is 9.00. The molecular formula is C17H25N3O4. The van der Waals surface area contributed by atoms with Crippen molar-refractivity contribution < 1.29 is 18.7 Å². The summed E-state index contributed by atoms with van der Waals surface area (Å²) in [6.07, 6.45) is 3.64. The highest BCUT2D eigenvalue weighted by molar-refractivity contribution is 5.79. The normalized spacial score (nSPS) is 31.7. The summed E-state index contributed by atoms with van der Waals surface area (Å²) in [6, 6.07) is 0. The van der Waals surface area contributed by atoms with Gasteiger partial charge in [0.15, 0.2) is 0 Å². The molecule has 3 atom stereocenters. The van der Waals surface area contributed by atoms with Crippen LogP contribution in [-0.2, 0) is 14.3 Å². The Morgan fingerprint density at radius 2 is 1.96 bits per heavy atom. The third-order valence-corrected chi connectivity index (χ3v) is 5.61. The second kappa shape index (κ2) is 6.80. The highest BCUT2D eigenvalue weighted by atomic mass is 16.5. The Hall–Kier alpha value is -1.47. The van der Waals surface area contributed by atoms with Crippen molar-refractivity contribution in [2.45, 2.75) is 44.6 Å². The van der Waals surface area contributed by atoms with Crippen LogP contribution in [0.25, 0.3) is 0 Å². The molecule has 0 N–H and O–H groups in total. The second-order valence-electron chi connectivity index (χ2n) is 7.09. The first-order valence-corrected chi connectivity index (χ1v) is 9.00. The fourth-order valence-electron chi connectivity index (χ4n) is 4.29. The summed E-state index contributed by atoms with van der Waals surface area (Å²) in [5.41, 5.74) is 0. The minimum absolute atomic E-state index is 0.115. The molecule has 1 aromatic rings. The summed E-state index contributed by atoms with van der Waals surface area (Å²) < 4.78 is 17.0. The van der Waals surface area contributed by atoms with E-state index < -0.39 is 0 Å². The van der Waals surface area contributed by atoms with Gasteiger partial charge in [0.05, 0.1) is 6.10 Å². The fourth-order valence-corrected chi connectivity index (χ4v) is 4.29. The summed E-state index contributed by atoms with van der Waals surface area (Å²) in [5, 5.41) is 8.20. The molecule has 7 heteroatoms. The van der Waals surface area contributed by atoms with Crippen LogP contribution in [0.3, 0.4) is 0 Å². The Kier molecular flexibility index (Phi) is 4.54. The Balaban J connectivity index is 1.48. The van der Waals surface area contributed by atoms with Crippen LogP contribution in [0.2, 0.25) is 0 Å². The van der Waals surface area contributed by atoms with E-state index in [1.54, 1.807) is 0 Å². The monoisotopic (exact) mass is 335 g/mol. The van der Waals surface area contributed by atoms with Gasteiger partial charge in [0, 0.05) is 57.6 Å². The van der Waals surface area contributed by atoms with Crippen molar-refractivity contribution in [3.05, 3.63) is 11.8 Å². The predicted octanol–water partition coefficient (Wildman–Crippen LogP) is 1.53. The van der Waals surface area contributed by atoms with E-state index >= 15 is 0 Å². The SMILES string of the molecule is Cc1nnc([C@@H]2CCO[C@@H]3CCN(C(=O)C4CCOCC4)C[C@@H]32)o1. The molecule has 4 heterocycles. The number of aromatic nitrogens is 2. The second-order valence-corrected chi connectivity index (χ2v) is 7.09. The highest BCUT2D eigenvalue weighted by Crippen LogP contribution is 2.39. The lowest BCUT2D eigenvalue weighted by Gasteiger charge is -2.45. The quantitative estimate of drug-likeness (QED) is 0.815. The molecule has 1 amide bonds. The number of rotatable bonds is 2. The molecule has 0 bridgehead atoms. The average Bonchev–Trinajstić information content (AvgIpc) is 3.07. The molecule has 4 rings (SSSR count). The van der Waals surface area contributed by atoms with Crippen LogP contribution in [0.5, 0.6) is 0 Å². The number of carbonyl (C=O) groups is 1. The van der Waals surface area contributed by atoms with Crippen LogP contribution in [0, 0.1) is 18.8 Å². The van der Waals surface area contributed by atoms with Crippen molar-refractivity contribution in [3.8, 4) is 0 Å². The molecule has 0 radical (unpaired) electrons. The van der Waals surface area contributed by atoms with E-state index in [1.165, 1.54) is 0 Å². The molecule has 132 valence electrons. The zero-order valence-corrected chi connectivity index (χ0v) is 14.1. The number of piperidine rings is 1. The van der Waals surface area contributed by atoms with Crippen LogP contribution in [0.4, 0.5) is 0 Å². The number of hydrogen-bond donors (Lipinski definition) is 0. The number of ether oxygens (including phenoxy) is 2. The average molecular weight is 335 g/mol. The smallest absolute Gasteiger partial charge is 0.225 e. The van der Waals surface area contributed by atoms with Gasteiger partial charge in [-0.1, -0.05) is 0 Å². The van der Waals surface area contributed by atoms with Crippen LogP contribution in [-0.4, -0.2) is 60.0 Å². The first kappa shape index (κ1) is 16.0. The van der Waals surface area contributed by atoms with E-state index in [-0.39, 0.29) is 29.8 Å². The van der Waals surface area contributed by atoms with Gasteiger partial charge >= 0.3 is 0 Å². The van der Waals surface area contributed by atoms with Gasteiger partial charge in [-0.15, -0.1) is 10.2 Å². The maximum atomic E-state index is 12.9. The fraction of sp³-hybridized carbons (Fsp3) is 0.824. The summed E-state index contributed by atoms with van der Waals surface area (Å²) in [7, 11) is 0. The lowest BCUT2D eigenvalue weighted by atomic mass is 9.79. The van der Waals surface area contributed by atoms with Crippen molar-refractivity contribution in [2.75, 3.05) is 32.9 Å². The summed E-state index contributed by atoms with van der Waals surface area (Å²) >= 11 is 0. The topological polar surface area (TPSA) is 77.7 Å². The number of likely N-dealkylation sites (tertiary alicyclic amines) is 1. The molecular weight excluding hydrogens is 310 g/mol.